The number of nitriles is 1. The number of benzene rings is 2. The molecule has 2 saturated heterocycles. The second kappa shape index (κ2) is 16.2. The van der Waals surface area contributed by atoms with Gasteiger partial charge in [-0.25, -0.2) is 4.98 Å². The number of carbonyl (C=O) groups excluding carboxylic acids is 5. The number of imide groups is 2. The Balaban J connectivity index is 0.807. The number of ether oxygens (including phenoxy) is 2. The molecule has 1 saturated carbocycles. The van der Waals surface area contributed by atoms with Gasteiger partial charge in [0.05, 0.1) is 34.9 Å². The summed E-state index contributed by atoms with van der Waals surface area (Å²) in [5.74, 6) is -0.228. The van der Waals surface area contributed by atoms with Crippen molar-refractivity contribution in [2.45, 2.75) is 84.9 Å². The number of nitrogens with zero attached hydrogens (tertiary/aromatic N) is 5. The largest absolute Gasteiger partial charge is 0.494 e. The Morgan fingerprint density at radius 1 is 0.914 bits per heavy atom. The monoisotopic (exact) mass is 789 g/mol. The van der Waals surface area contributed by atoms with Crippen LogP contribution in [0.4, 0.5) is 5.82 Å². The molecule has 58 heavy (non-hydrogen) atoms. The summed E-state index contributed by atoms with van der Waals surface area (Å²) in [7, 11) is 0. The van der Waals surface area contributed by atoms with Crippen LogP contribution in [-0.4, -0.2) is 102 Å². The lowest BCUT2D eigenvalue weighted by atomic mass is 9.49. The second-order valence-electron chi connectivity index (χ2n) is 16.9. The Bertz CT molecular complexity index is 2140. The molecule has 0 spiro atoms. The van der Waals surface area contributed by atoms with E-state index in [0.717, 1.165) is 68.3 Å². The maximum atomic E-state index is 13.4. The molecule has 3 aliphatic heterocycles. The van der Waals surface area contributed by atoms with Gasteiger partial charge in [0.1, 0.15) is 29.5 Å². The molecule has 3 fully saturated rings. The van der Waals surface area contributed by atoms with E-state index in [1.807, 2.05) is 31.2 Å². The number of piperazine rings is 1. The van der Waals surface area contributed by atoms with Crippen LogP contribution in [0.3, 0.4) is 0 Å². The topological polar surface area (TPSA) is 174 Å². The predicted molar refractivity (Wildman–Crippen MR) is 214 cm³/mol. The summed E-state index contributed by atoms with van der Waals surface area (Å²) in [4.78, 5) is 73.6. The maximum absolute atomic E-state index is 13.4. The fourth-order valence-electron chi connectivity index (χ4n) is 9.24. The molecule has 4 aliphatic rings. The molecule has 1 aromatic heterocycles. The van der Waals surface area contributed by atoms with Crippen LogP contribution < -0.4 is 25.0 Å². The minimum Gasteiger partial charge on any atom is -0.494 e. The highest BCUT2D eigenvalue weighted by Gasteiger charge is 2.64. The summed E-state index contributed by atoms with van der Waals surface area (Å²) in [6.07, 6.45) is 4.52. The average Bonchev–Trinajstić information content (AvgIpc) is 3.45. The van der Waals surface area contributed by atoms with Crippen LogP contribution in [0.15, 0.2) is 54.7 Å². The van der Waals surface area contributed by atoms with E-state index >= 15 is 0 Å². The van der Waals surface area contributed by atoms with Crippen molar-refractivity contribution in [2.24, 2.45) is 10.8 Å². The normalized spacial score (nSPS) is 22.4. The Hall–Kier alpha value is -5.81. The molecule has 14 nitrogen and oxygen atoms in total. The molecule has 0 bridgehead atoms. The quantitative estimate of drug-likeness (QED) is 0.182. The van der Waals surface area contributed by atoms with Crippen LogP contribution in [0, 0.1) is 29.1 Å². The third kappa shape index (κ3) is 7.87. The van der Waals surface area contributed by atoms with Gasteiger partial charge in [-0.3, -0.25) is 39.1 Å². The van der Waals surface area contributed by atoms with Crippen molar-refractivity contribution < 1.29 is 33.4 Å². The molecule has 304 valence electrons. The molecular formula is C44H51N7O7. The Labute approximate surface area is 338 Å². The SMILES string of the molecule is Cc1cc(O[C@H]2C(C)(C)[C@H](NC(=O)c3ccc(N4CCN(CCCCCOc5ccc6c(c5)C(=O)N(C5CCC(=O)NC5=O)C6=O)CC4)nc3)C2(C)C)ccc1C#N. The molecule has 2 N–H and O–H groups in total. The number of aryl methyl sites for hydroxylation is 1. The van der Waals surface area contributed by atoms with Crippen molar-refractivity contribution in [3.8, 4) is 17.6 Å². The highest BCUT2D eigenvalue weighted by Crippen LogP contribution is 2.55. The summed E-state index contributed by atoms with van der Waals surface area (Å²) in [5, 5.41) is 14.7. The number of carbonyl (C=O) groups is 5. The van der Waals surface area contributed by atoms with E-state index in [9.17, 15) is 29.2 Å². The van der Waals surface area contributed by atoms with Gasteiger partial charge in [0.2, 0.25) is 11.8 Å². The minimum absolute atomic E-state index is 0.0743. The van der Waals surface area contributed by atoms with Gasteiger partial charge in [-0.2, -0.15) is 5.26 Å². The molecule has 7 rings (SSSR count). The van der Waals surface area contributed by atoms with Crippen molar-refractivity contribution >= 4 is 35.4 Å². The third-order valence-corrected chi connectivity index (χ3v) is 12.2. The van der Waals surface area contributed by atoms with Gasteiger partial charge in [0, 0.05) is 55.7 Å². The summed E-state index contributed by atoms with van der Waals surface area (Å²) < 4.78 is 12.4. The molecule has 4 heterocycles. The van der Waals surface area contributed by atoms with Gasteiger partial charge in [-0.15, -0.1) is 0 Å². The fraction of sp³-hybridized carbons (Fsp3) is 0.477. The highest BCUT2D eigenvalue weighted by atomic mass is 16.5. The molecule has 0 radical (unpaired) electrons. The van der Waals surface area contributed by atoms with E-state index in [1.54, 1.807) is 30.5 Å². The van der Waals surface area contributed by atoms with Crippen molar-refractivity contribution in [1.82, 2.24) is 25.4 Å². The lowest BCUT2D eigenvalue weighted by Crippen LogP contribution is -2.74. The van der Waals surface area contributed by atoms with Crippen LogP contribution in [0.1, 0.15) is 102 Å². The van der Waals surface area contributed by atoms with Crippen LogP contribution in [-0.2, 0) is 9.59 Å². The predicted octanol–water partition coefficient (Wildman–Crippen LogP) is 4.65. The van der Waals surface area contributed by atoms with E-state index in [4.69, 9.17) is 9.47 Å². The van der Waals surface area contributed by atoms with Crippen molar-refractivity contribution in [3.63, 3.8) is 0 Å². The Morgan fingerprint density at radius 3 is 2.31 bits per heavy atom. The number of unbranched alkanes of at least 4 members (excludes halogenated alkanes) is 2. The highest BCUT2D eigenvalue weighted by molar-refractivity contribution is 6.23. The van der Waals surface area contributed by atoms with Crippen molar-refractivity contribution in [3.05, 3.63) is 82.5 Å². The van der Waals surface area contributed by atoms with E-state index < -0.39 is 29.7 Å². The second-order valence-corrected chi connectivity index (χ2v) is 16.9. The molecule has 14 heteroatoms. The third-order valence-electron chi connectivity index (χ3n) is 12.2. The first-order chi connectivity index (χ1) is 27.7. The number of anilines is 1. The van der Waals surface area contributed by atoms with E-state index in [0.29, 0.717) is 29.2 Å². The Kier molecular flexibility index (Phi) is 11.3. The number of hydrogen-bond donors (Lipinski definition) is 2. The molecule has 1 atom stereocenters. The maximum Gasteiger partial charge on any atom is 0.262 e. The van der Waals surface area contributed by atoms with Gasteiger partial charge >= 0.3 is 0 Å². The smallest absolute Gasteiger partial charge is 0.262 e. The van der Waals surface area contributed by atoms with Crippen LogP contribution in [0.2, 0.25) is 0 Å². The summed E-state index contributed by atoms with van der Waals surface area (Å²) >= 11 is 0. The number of aromatic nitrogens is 1. The molecule has 2 aromatic carbocycles. The molecule has 5 amide bonds. The summed E-state index contributed by atoms with van der Waals surface area (Å²) in [5.41, 5.74) is 1.79. The number of rotatable bonds is 13. The number of fused-ring (bicyclic) bond motifs is 1. The Morgan fingerprint density at radius 2 is 1.64 bits per heavy atom. The zero-order valence-electron chi connectivity index (χ0n) is 33.8. The summed E-state index contributed by atoms with van der Waals surface area (Å²) in [6, 6.07) is 15.1. The van der Waals surface area contributed by atoms with Crippen molar-refractivity contribution in [2.75, 3.05) is 44.2 Å². The van der Waals surface area contributed by atoms with Crippen LogP contribution in [0.5, 0.6) is 11.5 Å². The first-order valence-electron chi connectivity index (χ1n) is 20.1. The van der Waals surface area contributed by atoms with E-state index in [1.165, 1.54) is 0 Å². The molecule has 1 aliphatic carbocycles. The van der Waals surface area contributed by atoms with Crippen LogP contribution >= 0.6 is 0 Å². The fourth-order valence-corrected chi connectivity index (χ4v) is 9.24. The van der Waals surface area contributed by atoms with Crippen molar-refractivity contribution in [1.29, 1.82) is 5.26 Å². The van der Waals surface area contributed by atoms with E-state index in [-0.39, 0.29) is 52.9 Å². The molecule has 1 unspecified atom stereocenters. The first-order valence-corrected chi connectivity index (χ1v) is 20.1. The van der Waals surface area contributed by atoms with Gasteiger partial charge in [-0.05, 0) is 93.2 Å². The average molecular weight is 790 g/mol. The number of nitrogens with one attached hydrogen (secondary N) is 2. The van der Waals surface area contributed by atoms with E-state index in [2.05, 4.69) is 59.2 Å². The van der Waals surface area contributed by atoms with Crippen LogP contribution in [0.25, 0.3) is 0 Å². The van der Waals surface area contributed by atoms with Gasteiger partial charge in [0.25, 0.3) is 17.7 Å². The molecule has 3 aromatic rings. The first kappa shape index (κ1) is 40.4. The summed E-state index contributed by atoms with van der Waals surface area (Å²) in [6.45, 7) is 15.3. The zero-order chi connectivity index (χ0) is 41.4. The lowest BCUT2D eigenvalue weighted by molar-refractivity contribution is -0.164. The number of amides is 5. The molecular weight excluding hydrogens is 739 g/mol. The standard InChI is InChI=1S/C44H51N7O7/c1-27-23-31(11-9-28(27)25-45)58-42-43(2,3)41(44(42,4)5)48-37(53)29-10-15-35(46-26-29)50-20-18-49(19-21-50)17-7-6-8-22-57-30-12-13-32-33(24-30)40(56)51(39(32)55)34-14-16-36(52)47-38(34)54/h9-13,15,23-24,26,34,41-42H,6-8,14,16-22H2,1-5H3,(H,48,53)(H,47,52,54)/t34?,41-,42-. The van der Waals surface area contributed by atoms with Gasteiger partial charge in [0.15, 0.2) is 0 Å². The number of pyridine rings is 1. The lowest BCUT2D eigenvalue weighted by Gasteiger charge is -2.63. The minimum atomic E-state index is -0.997. The van der Waals surface area contributed by atoms with Gasteiger partial charge < -0.3 is 19.7 Å². The number of piperidine rings is 1. The van der Waals surface area contributed by atoms with Gasteiger partial charge in [-0.1, -0.05) is 27.7 Å². The zero-order valence-corrected chi connectivity index (χ0v) is 33.8. The number of hydrogen-bond acceptors (Lipinski definition) is 11.